The Bertz CT molecular complexity index is 716. The van der Waals surface area contributed by atoms with Gasteiger partial charge in [0.1, 0.15) is 5.75 Å². The summed E-state index contributed by atoms with van der Waals surface area (Å²) in [5, 5.41) is 5.12. The Morgan fingerprint density at radius 1 is 1.20 bits per heavy atom. The predicted octanol–water partition coefficient (Wildman–Crippen LogP) is 0.313. The first-order valence-electron chi connectivity index (χ1n) is 7.88. The van der Waals surface area contributed by atoms with Crippen molar-refractivity contribution in [2.45, 2.75) is 38.1 Å². The lowest BCUT2D eigenvalue weighted by Crippen LogP contribution is -2.34. The lowest BCUT2D eigenvalue weighted by atomic mass is 10.2. The van der Waals surface area contributed by atoms with Gasteiger partial charge in [0.2, 0.25) is 15.9 Å². The van der Waals surface area contributed by atoms with Crippen molar-refractivity contribution in [1.29, 1.82) is 0 Å². The molecule has 3 N–H and O–H groups in total. The number of hydrogen-bond donors (Lipinski definition) is 3. The fourth-order valence-corrected chi connectivity index (χ4v) is 3.06. The largest absolute Gasteiger partial charge is 0.484 e. The third-order valence-electron chi connectivity index (χ3n) is 3.19. The van der Waals surface area contributed by atoms with E-state index >= 15 is 0 Å². The van der Waals surface area contributed by atoms with Crippen LogP contribution in [0.25, 0.3) is 0 Å². The molecule has 0 saturated carbocycles. The maximum Gasteiger partial charge on any atom is 0.257 e. The monoisotopic (exact) mass is 371 g/mol. The van der Waals surface area contributed by atoms with E-state index in [0.29, 0.717) is 11.3 Å². The molecule has 0 aliphatic rings. The molecule has 140 valence electrons. The molecule has 0 spiro atoms. The molecular weight excluding hydrogens is 346 g/mol. The molecule has 0 aromatic heterocycles. The Labute approximate surface area is 148 Å². The van der Waals surface area contributed by atoms with Gasteiger partial charge in [-0.1, -0.05) is 0 Å². The van der Waals surface area contributed by atoms with Gasteiger partial charge < -0.3 is 15.4 Å². The van der Waals surface area contributed by atoms with Crippen LogP contribution in [0.15, 0.2) is 23.1 Å². The van der Waals surface area contributed by atoms with Crippen LogP contribution in [0.2, 0.25) is 0 Å². The zero-order valence-corrected chi connectivity index (χ0v) is 15.7. The topological polar surface area (TPSA) is 114 Å². The molecule has 0 aliphatic carbocycles. The van der Waals surface area contributed by atoms with Crippen molar-refractivity contribution in [3.05, 3.63) is 23.8 Å². The minimum Gasteiger partial charge on any atom is -0.484 e. The van der Waals surface area contributed by atoms with Crippen molar-refractivity contribution in [1.82, 2.24) is 15.4 Å². The lowest BCUT2D eigenvalue weighted by Gasteiger charge is -2.12. The van der Waals surface area contributed by atoms with Gasteiger partial charge in [-0.2, -0.15) is 0 Å². The molecule has 25 heavy (non-hydrogen) atoms. The normalized spacial score (nSPS) is 11.2. The average Bonchev–Trinajstić information content (AvgIpc) is 2.52. The summed E-state index contributed by atoms with van der Waals surface area (Å²) in [7, 11) is -2.22. The van der Waals surface area contributed by atoms with E-state index in [1.807, 2.05) is 13.8 Å². The van der Waals surface area contributed by atoms with Crippen LogP contribution < -0.4 is 20.1 Å². The van der Waals surface area contributed by atoms with E-state index in [-0.39, 0.29) is 42.3 Å². The van der Waals surface area contributed by atoms with Crippen molar-refractivity contribution >= 4 is 21.8 Å². The van der Waals surface area contributed by atoms with Crippen molar-refractivity contribution < 1.29 is 22.7 Å². The van der Waals surface area contributed by atoms with Gasteiger partial charge >= 0.3 is 0 Å². The maximum atomic E-state index is 12.3. The fourth-order valence-electron chi connectivity index (χ4n) is 1.94. The van der Waals surface area contributed by atoms with Crippen LogP contribution in [0, 0.1) is 6.92 Å². The van der Waals surface area contributed by atoms with E-state index < -0.39 is 10.0 Å². The second kappa shape index (κ2) is 9.38. The molecule has 2 amide bonds. The molecule has 0 aliphatic heterocycles. The van der Waals surface area contributed by atoms with E-state index in [4.69, 9.17) is 4.74 Å². The molecule has 9 heteroatoms. The van der Waals surface area contributed by atoms with Crippen molar-refractivity contribution in [2.24, 2.45) is 0 Å². The van der Waals surface area contributed by atoms with Crippen LogP contribution in [0.5, 0.6) is 5.75 Å². The van der Waals surface area contributed by atoms with Crippen LogP contribution in [0.3, 0.4) is 0 Å². The molecule has 1 aromatic carbocycles. The Morgan fingerprint density at radius 2 is 1.88 bits per heavy atom. The van der Waals surface area contributed by atoms with Gasteiger partial charge in [-0.3, -0.25) is 9.59 Å². The highest BCUT2D eigenvalue weighted by molar-refractivity contribution is 7.89. The van der Waals surface area contributed by atoms with Crippen molar-refractivity contribution in [2.75, 3.05) is 20.2 Å². The predicted molar refractivity (Wildman–Crippen MR) is 93.8 cm³/mol. The summed E-state index contributed by atoms with van der Waals surface area (Å²) >= 11 is 0. The number of hydrogen-bond acceptors (Lipinski definition) is 5. The van der Waals surface area contributed by atoms with Gasteiger partial charge in [0.15, 0.2) is 6.61 Å². The summed E-state index contributed by atoms with van der Waals surface area (Å²) in [5.41, 5.74) is 0.587. The summed E-state index contributed by atoms with van der Waals surface area (Å²) < 4.78 is 32.2. The van der Waals surface area contributed by atoms with E-state index in [2.05, 4.69) is 15.4 Å². The molecule has 0 saturated heterocycles. The molecule has 0 fully saturated rings. The van der Waals surface area contributed by atoms with E-state index in [9.17, 15) is 18.0 Å². The van der Waals surface area contributed by atoms with Gasteiger partial charge in [-0.25, -0.2) is 13.1 Å². The molecule has 0 heterocycles. The number of benzene rings is 1. The number of nitrogens with one attached hydrogen (secondary N) is 3. The van der Waals surface area contributed by atoms with Crippen LogP contribution in [0.4, 0.5) is 0 Å². The second-order valence-electron chi connectivity index (χ2n) is 5.76. The van der Waals surface area contributed by atoms with Gasteiger partial charge in [0, 0.05) is 26.1 Å². The van der Waals surface area contributed by atoms with Crippen LogP contribution in [0.1, 0.15) is 25.8 Å². The lowest BCUT2D eigenvalue weighted by molar-refractivity contribution is -0.123. The molecule has 8 nitrogen and oxygen atoms in total. The first-order chi connectivity index (χ1) is 11.7. The van der Waals surface area contributed by atoms with Gasteiger partial charge in [0.05, 0.1) is 4.90 Å². The smallest absolute Gasteiger partial charge is 0.257 e. The zero-order valence-electron chi connectivity index (χ0n) is 14.9. The zero-order chi connectivity index (χ0) is 19.0. The number of amides is 2. The van der Waals surface area contributed by atoms with E-state index in [0.717, 1.165) is 0 Å². The van der Waals surface area contributed by atoms with Gasteiger partial charge in [0.25, 0.3) is 5.91 Å². The van der Waals surface area contributed by atoms with E-state index in [1.54, 1.807) is 6.92 Å². The van der Waals surface area contributed by atoms with Gasteiger partial charge in [-0.05, 0) is 44.5 Å². The minimum atomic E-state index is -3.72. The molecule has 1 rings (SSSR count). The summed E-state index contributed by atoms with van der Waals surface area (Å²) in [6.45, 7) is 5.22. The third kappa shape index (κ3) is 7.10. The molecule has 0 unspecified atom stereocenters. The number of sulfonamides is 1. The molecule has 0 atom stereocenters. The SMILES string of the molecule is CNC(=O)COc1ccc(S(=O)(=O)NCCC(=O)NC(C)C)cc1C. The standard InChI is InChI=1S/C16H25N3O5S/c1-11(2)19-15(20)7-8-18-25(22,23)13-5-6-14(12(3)9-13)24-10-16(21)17-4/h5-6,9,11,18H,7-8,10H2,1-4H3,(H,17,21)(H,19,20). The Morgan fingerprint density at radius 3 is 2.44 bits per heavy atom. The Balaban J connectivity index is 2.68. The number of aryl methyl sites for hydroxylation is 1. The summed E-state index contributed by atoms with van der Waals surface area (Å²) in [6.07, 6.45) is 0.0592. The summed E-state index contributed by atoms with van der Waals surface area (Å²) in [6, 6.07) is 4.35. The minimum absolute atomic E-state index is 0.00842. The highest BCUT2D eigenvalue weighted by Gasteiger charge is 2.16. The molecular formula is C16H25N3O5S. The van der Waals surface area contributed by atoms with Crippen LogP contribution in [-0.4, -0.2) is 46.5 Å². The number of carbonyl (C=O) groups excluding carboxylic acids is 2. The third-order valence-corrected chi connectivity index (χ3v) is 4.65. The quantitative estimate of drug-likeness (QED) is 0.578. The van der Waals surface area contributed by atoms with Crippen LogP contribution >= 0.6 is 0 Å². The number of rotatable bonds is 9. The molecule has 0 bridgehead atoms. The highest BCUT2D eigenvalue weighted by Crippen LogP contribution is 2.21. The summed E-state index contributed by atoms with van der Waals surface area (Å²) in [5.74, 6) is -0.0665. The fraction of sp³-hybridized carbons (Fsp3) is 0.500. The number of likely N-dealkylation sites (N-methyl/N-ethyl adjacent to an activating group) is 1. The second-order valence-corrected chi connectivity index (χ2v) is 7.53. The van der Waals surface area contributed by atoms with Crippen molar-refractivity contribution in [3.8, 4) is 5.75 Å². The highest BCUT2D eigenvalue weighted by atomic mass is 32.2. The van der Waals surface area contributed by atoms with Crippen LogP contribution in [-0.2, 0) is 19.6 Å². The maximum absolute atomic E-state index is 12.3. The first-order valence-corrected chi connectivity index (χ1v) is 9.37. The Hall–Kier alpha value is -2.13. The average molecular weight is 371 g/mol. The number of carbonyl (C=O) groups is 2. The summed E-state index contributed by atoms with van der Waals surface area (Å²) in [4.78, 5) is 22.8. The van der Waals surface area contributed by atoms with Crippen molar-refractivity contribution in [3.63, 3.8) is 0 Å². The molecule has 1 aromatic rings. The first kappa shape index (κ1) is 20.9. The number of ether oxygens (including phenoxy) is 1. The molecule has 0 radical (unpaired) electrons. The van der Waals surface area contributed by atoms with E-state index in [1.165, 1.54) is 25.2 Å². The Kier molecular flexibility index (Phi) is 7.85. The van der Waals surface area contributed by atoms with Gasteiger partial charge in [-0.15, -0.1) is 0 Å².